The Balaban J connectivity index is 1.28. The van der Waals surface area contributed by atoms with Gasteiger partial charge >= 0.3 is 0 Å². The fourth-order valence-corrected chi connectivity index (χ4v) is 11.9. The fraction of sp³-hybridized carbons (Fsp3) is 0.300. The summed E-state index contributed by atoms with van der Waals surface area (Å²) in [4.78, 5) is 7.96. The number of aryl methyl sites for hydroxylation is 1. The van der Waals surface area contributed by atoms with Gasteiger partial charge in [-0.15, -0.1) is 0 Å². The van der Waals surface area contributed by atoms with Gasteiger partial charge in [0.15, 0.2) is 0 Å². The highest BCUT2D eigenvalue weighted by Crippen LogP contribution is 2.65. The zero-order valence-electron chi connectivity index (χ0n) is 39.8. The summed E-state index contributed by atoms with van der Waals surface area (Å²) in [6.07, 6.45) is 2.14. The van der Waals surface area contributed by atoms with Crippen LogP contribution in [0.25, 0.3) is 0 Å². The molecule has 0 saturated carbocycles. The van der Waals surface area contributed by atoms with Gasteiger partial charge in [-0.05, 0) is 140 Å². The second-order valence-corrected chi connectivity index (χ2v) is 22.6. The zero-order chi connectivity index (χ0) is 44.7. The molecule has 0 saturated heterocycles. The fourth-order valence-electron chi connectivity index (χ4n) is 11.9. The van der Waals surface area contributed by atoms with E-state index in [-0.39, 0.29) is 33.9 Å². The molecule has 320 valence electrons. The SMILES string of the molecule is CC(C)(C)c1cccc(N2c3cc(C(C)(C)C)ccc3B3c4ccccc4N(c4ccccc4)c4cc(N5c6ccc(C(C)(C)C)cc6C6(C)CCc7ccccc7C56C)cc2c43)c1. The molecule has 0 N–H and O–H groups in total. The van der Waals surface area contributed by atoms with E-state index in [1.807, 2.05) is 0 Å². The molecule has 0 amide bonds. The van der Waals surface area contributed by atoms with Crippen molar-refractivity contribution >= 4 is 68.6 Å². The van der Waals surface area contributed by atoms with Gasteiger partial charge in [-0.1, -0.05) is 166 Å². The lowest BCUT2D eigenvalue weighted by atomic mass is 9.33. The largest absolute Gasteiger partial charge is 0.330 e. The number of hydrogen-bond acceptors (Lipinski definition) is 3. The Bertz CT molecular complexity index is 3020. The Morgan fingerprint density at radius 3 is 1.73 bits per heavy atom. The molecule has 7 aromatic rings. The van der Waals surface area contributed by atoms with Crippen LogP contribution >= 0.6 is 0 Å². The lowest BCUT2D eigenvalue weighted by Crippen LogP contribution is -2.61. The first kappa shape index (κ1) is 40.8. The van der Waals surface area contributed by atoms with Gasteiger partial charge in [0, 0.05) is 50.9 Å². The van der Waals surface area contributed by atoms with Gasteiger partial charge in [0.2, 0.25) is 0 Å². The second kappa shape index (κ2) is 13.8. The van der Waals surface area contributed by atoms with Crippen molar-refractivity contribution in [1.29, 1.82) is 0 Å². The molecule has 4 heteroatoms. The number of anilines is 8. The number of nitrogens with zero attached hydrogens (tertiary/aromatic N) is 3. The highest BCUT2D eigenvalue weighted by Gasteiger charge is 2.60. The Morgan fingerprint density at radius 2 is 1.02 bits per heavy atom. The van der Waals surface area contributed by atoms with Gasteiger partial charge in [-0.3, -0.25) is 0 Å². The normalized spacial score (nSPS) is 19.7. The first-order chi connectivity index (χ1) is 30.4. The van der Waals surface area contributed by atoms with Crippen LogP contribution in [0.5, 0.6) is 0 Å². The quantitative estimate of drug-likeness (QED) is 0.164. The van der Waals surface area contributed by atoms with Crippen molar-refractivity contribution in [2.45, 2.75) is 116 Å². The molecule has 3 aliphatic heterocycles. The van der Waals surface area contributed by atoms with E-state index in [9.17, 15) is 0 Å². The first-order valence-corrected chi connectivity index (χ1v) is 23.6. The summed E-state index contributed by atoms with van der Waals surface area (Å²) in [5.41, 5.74) is 21.8. The Labute approximate surface area is 382 Å². The van der Waals surface area contributed by atoms with Crippen LogP contribution in [-0.2, 0) is 33.6 Å². The smallest absolute Gasteiger partial charge is 0.252 e. The van der Waals surface area contributed by atoms with Gasteiger partial charge < -0.3 is 14.7 Å². The minimum absolute atomic E-state index is 0.0205. The minimum atomic E-state index is -0.367. The van der Waals surface area contributed by atoms with Gasteiger partial charge in [-0.25, -0.2) is 0 Å². The van der Waals surface area contributed by atoms with Crippen LogP contribution in [0.4, 0.5) is 45.5 Å². The minimum Gasteiger partial charge on any atom is -0.330 e. The van der Waals surface area contributed by atoms with Gasteiger partial charge in [-0.2, -0.15) is 0 Å². The maximum absolute atomic E-state index is 2.77. The molecule has 3 heterocycles. The maximum atomic E-state index is 2.77. The average molecular weight is 836 g/mol. The van der Waals surface area contributed by atoms with Crippen molar-refractivity contribution in [2.75, 3.05) is 14.7 Å². The molecule has 0 spiro atoms. The van der Waals surface area contributed by atoms with Crippen LogP contribution in [0.15, 0.2) is 152 Å². The molecule has 11 rings (SSSR count). The summed E-state index contributed by atoms with van der Waals surface area (Å²) in [5, 5.41) is 0. The van der Waals surface area contributed by atoms with Crippen molar-refractivity contribution in [3.05, 3.63) is 185 Å². The molecule has 3 nitrogen and oxygen atoms in total. The number of benzene rings is 7. The number of para-hydroxylation sites is 2. The molecule has 2 unspecified atom stereocenters. The van der Waals surface area contributed by atoms with Crippen LogP contribution < -0.4 is 31.1 Å². The molecular formula is C60H62BN3. The Hall–Kier alpha value is -6.00. The Kier molecular flexibility index (Phi) is 8.76. The molecule has 2 atom stereocenters. The molecule has 0 radical (unpaired) electrons. The summed E-state index contributed by atoms with van der Waals surface area (Å²) in [6, 6.07) is 58.8. The van der Waals surface area contributed by atoms with Crippen molar-refractivity contribution in [2.24, 2.45) is 0 Å². The third-order valence-electron chi connectivity index (χ3n) is 15.7. The molecular weight excluding hydrogens is 773 g/mol. The van der Waals surface area contributed by atoms with E-state index in [0.717, 1.165) is 12.8 Å². The van der Waals surface area contributed by atoms with Crippen LogP contribution in [0.3, 0.4) is 0 Å². The van der Waals surface area contributed by atoms with Crippen LogP contribution in [0.1, 0.15) is 116 Å². The third kappa shape index (κ3) is 5.79. The van der Waals surface area contributed by atoms with E-state index >= 15 is 0 Å². The third-order valence-corrected chi connectivity index (χ3v) is 15.7. The molecule has 7 aromatic carbocycles. The highest BCUT2D eigenvalue weighted by atomic mass is 15.3. The topological polar surface area (TPSA) is 9.72 Å². The van der Waals surface area contributed by atoms with Crippen LogP contribution in [-0.4, -0.2) is 6.71 Å². The standard InChI is InChI=1S/C60H62BN3/c1-56(2,3)40-21-19-24-44(34-40)63-52-36-42(58(7,8)9)28-30-49(52)61-48-26-17-18-27-51(48)62(43-22-13-12-14-23-43)53-37-45(38-54(63)55(53)61)64-50-31-29-41(57(4,5)6)35-47(50)59(10)33-32-39-20-15-16-25-46(39)60(59,64)11/h12-31,34-38H,32-33H2,1-11H3. The van der Waals surface area contributed by atoms with E-state index in [1.165, 1.54) is 95.3 Å². The lowest BCUT2D eigenvalue weighted by Gasteiger charge is -2.52. The van der Waals surface area contributed by atoms with E-state index in [4.69, 9.17) is 0 Å². The Morgan fingerprint density at radius 1 is 0.438 bits per heavy atom. The van der Waals surface area contributed by atoms with Crippen LogP contribution in [0.2, 0.25) is 0 Å². The predicted octanol–water partition coefficient (Wildman–Crippen LogP) is 13.9. The summed E-state index contributed by atoms with van der Waals surface area (Å²) >= 11 is 0. The van der Waals surface area contributed by atoms with Crippen molar-refractivity contribution in [1.82, 2.24) is 0 Å². The van der Waals surface area contributed by atoms with Gasteiger partial charge in [0.1, 0.15) is 0 Å². The van der Waals surface area contributed by atoms with Crippen LogP contribution in [0, 0.1) is 0 Å². The predicted molar refractivity (Wildman–Crippen MR) is 275 cm³/mol. The van der Waals surface area contributed by atoms with E-state index in [2.05, 4.69) is 243 Å². The number of rotatable bonds is 3. The molecule has 0 aromatic heterocycles. The van der Waals surface area contributed by atoms with E-state index in [1.54, 1.807) is 0 Å². The summed E-state index contributed by atoms with van der Waals surface area (Å²) < 4.78 is 0. The lowest BCUT2D eigenvalue weighted by molar-refractivity contribution is 0.245. The maximum Gasteiger partial charge on any atom is 0.252 e. The molecule has 64 heavy (non-hydrogen) atoms. The summed E-state index contributed by atoms with van der Waals surface area (Å²) in [5.74, 6) is 0. The highest BCUT2D eigenvalue weighted by molar-refractivity contribution is 7.00. The first-order valence-electron chi connectivity index (χ1n) is 23.6. The molecule has 1 aliphatic carbocycles. The molecule has 0 bridgehead atoms. The average Bonchev–Trinajstić information content (AvgIpc) is 3.48. The summed E-state index contributed by atoms with van der Waals surface area (Å²) in [6.45, 7) is 26.2. The van der Waals surface area contributed by atoms with E-state index < -0.39 is 0 Å². The number of hydrogen-bond donors (Lipinski definition) is 0. The molecule has 0 fully saturated rings. The summed E-state index contributed by atoms with van der Waals surface area (Å²) in [7, 11) is 0. The van der Waals surface area contributed by atoms with Crippen molar-refractivity contribution in [3.63, 3.8) is 0 Å². The molecule has 4 aliphatic rings. The zero-order valence-corrected chi connectivity index (χ0v) is 39.8. The van der Waals surface area contributed by atoms with Crippen molar-refractivity contribution < 1.29 is 0 Å². The second-order valence-electron chi connectivity index (χ2n) is 22.6. The monoisotopic (exact) mass is 836 g/mol. The van der Waals surface area contributed by atoms with Gasteiger partial charge in [0.25, 0.3) is 6.71 Å². The van der Waals surface area contributed by atoms with E-state index in [0.29, 0.717) is 0 Å². The number of fused-ring (bicyclic) bond motifs is 9. The van der Waals surface area contributed by atoms with Gasteiger partial charge in [0.05, 0.1) is 5.54 Å². The van der Waals surface area contributed by atoms with Crippen molar-refractivity contribution in [3.8, 4) is 0 Å².